The zero-order valence-electron chi connectivity index (χ0n) is 36.7. The minimum atomic E-state index is -0.504. The molecule has 0 spiro atoms. The second-order valence-corrected chi connectivity index (χ2v) is 19.2. The Morgan fingerprint density at radius 2 is 0.823 bits per heavy atom. The van der Waals surface area contributed by atoms with Crippen LogP contribution in [0.2, 0.25) is 0 Å². The molecule has 0 aromatic carbocycles. The number of allylic oxidation sites excluding steroid dienone is 14. The molecule has 4 aliphatic rings. The predicted octanol–water partition coefficient (Wildman–Crippen LogP) is 13.4. The minimum Gasteiger partial charge on any atom is -0.255 e. The van der Waals surface area contributed by atoms with E-state index >= 15 is 0 Å². The summed E-state index contributed by atoms with van der Waals surface area (Å²) in [5.74, 6) is 0. The van der Waals surface area contributed by atoms with Crippen molar-refractivity contribution in [3.63, 3.8) is 0 Å². The van der Waals surface area contributed by atoms with Gasteiger partial charge in [-0.05, 0) is 151 Å². The molecule has 0 bridgehead atoms. The van der Waals surface area contributed by atoms with Crippen LogP contribution < -0.4 is 0 Å². The van der Waals surface area contributed by atoms with Crippen LogP contribution in [-0.4, -0.2) is 29.9 Å². The minimum absolute atomic E-state index is 0.0971. The molecule has 4 aliphatic carbocycles. The summed E-state index contributed by atoms with van der Waals surface area (Å²) in [6.07, 6.45) is 22.2. The van der Waals surface area contributed by atoms with Crippen molar-refractivity contribution in [1.29, 1.82) is 0 Å². The largest absolute Gasteiger partial charge is 0.255 e. The van der Waals surface area contributed by atoms with E-state index in [0.717, 1.165) is 56.7 Å². The van der Waals surface area contributed by atoms with Gasteiger partial charge in [0.05, 0.1) is 45.6 Å². The van der Waals surface area contributed by atoms with Crippen LogP contribution in [0.25, 0.3) is 56.7 Å². The molecule has 0 radical (unpaired) electrons. The van der Waals surface area contributed by atoms with Gasteiger partial charge in [-0.1, -0.05) is 104 Å². The Labute approximate surface area is 365 Å². The number of pyridine rings is 6. The molecule has 6 nitrogen and oxygen atoms in total. The van der Waals surface area contributed by atoms with E-state index in [1.165, 1.54) is 44.6 Å². The van der Waals surface area contributed by atoms with E-state index in [2.05, 4.69) is 116 Å². The van der Waals surface area contributed by atoms with E-state index in [1.54, 1.807) is 0 Å². The van der Waals surface area contributed by atoms with Gasteiger partial charge in [-0.15, -0.1) is 0 Å². The number of hydrogen-bond donors (Lipinski definition) is 0. The molecule has 0 aliphatic heterocycles. The maximum atomic E-state index is 5.20. The second kappa shape index (κ2) is 14.3. The van der Waals surface area contributed by atoms with E-state index < -0.39 is 10.8 Å². The average Bonchev–Trinajstić information content (AvgIpc) is 3.28. The summed E-state index contributed by atoms with van der Waals surface area (Å²) in [6, 6.07) is 32.9. The van der Waals surface area contributed by atoms with Crippen molar-refractivity contribution in [2.24, 2.45) is 21.7 Å². The van der Waals surface area contributed by atoms with Crippen molar-refractivity contribution in [2.75, 3.05) is 0 Å². The summed E-state index contributed by atoms with van der Waals surface area (Å²) < 4.78 is 0. The molecule has 6 aromatic heterocycles. The van der Waals surface area contributed by atoms with Crippen molar-refractivity contribution in [1.82, 2.24) is 29.9 Å². The van der Waals surface area contributed by atoms with Gasteiger partial charge in [-0.2, -0.15) is 0 Å². The number of aromatic nitrogens is 6. The zero-order valence-corrected chi connectivity index (χ0v) is 36.7. The Bertz CT molecular complexity index is 2890. The lowest BCUT2D eigenvalue weighted by atomic mass is 9.43. The SMILES string of the molecule is CC(C)(C)C1=CC2=CC(c3cc(-c4ccccn4)nc(-c4ccccn4)c3)=C3C=C(C(C)(C)C)C=C4C(c5cc(-c6ccccn6)nc(-c6ccccn6)c5)=CC(=C1)C2(C)C43C. The Hall–Kier alpha value is -6.92. The fraction of sp³-hybridized carbons (Fsp3) is 0.214. The first-order valence-electron chi connectivity index (χ1n) is 21.5. The topological polar surface area (TPSA) is 77.3 Å². The van der Waals surface area contributed by atoms with Gasteiger partial charge in [0.1, 0.15) is 0 Å². The third-order valence-electron chi connectivity index (χ3n) is 13.3. The van der Waals surface area contributed by atoms with Crippen LogP contribution in [0.5, 0.6) is 0 Å². The monoisotopic (exact) mass is 806 g/mol. The molecule has 6 aromatic rings. The summed E-state index contributed by atoms with van der Waals surface area (Å²) in [7, 11) is 0. The van der Waals surface area contributed by atoms with Crippen molar-refractivity contribution in [3.8, 4) is 45.6 Å². The fourth-order valence-electron chi connectivity index (χ4n) is 9.57. The molecule has 0 saturated carbocycles. The summed E-state index contributed by atoms with van der Waals surface area (Å²) in [5, 5.41) is 0. The van der Waals surface area contributed by atoms with Crippen LogP contribution in [-0.2, 0) is 0 Å². The Kier molecular flexibility index (Phi) is 9.07. The Balaban J connectivity index is 1.30. The molecule has 6 heteroatoms. The molecule has 6 heterocycles. The Morgan fingerprint density at radius 3 is 1.24 bits per heavy atom. The molecular formula is C56H50N6. The first kappa shape index (κ1) is 39.2. The average molecular weight is 807 g/mol. The number of hydrogen-bond acceptors (Lipinski definition) is 6. The summed E-state index contributed by atoms with van der Waals surface area (Å²) >= 11 is 0. The van der Waals surface area contributed by atoms with Crippen molar-refractivity contribution < 1.29 is 0 Å². The number of nitrogens with zero attached hydrogens (tertiary/aromatic N) is 6. The number of rotatable bonds is 6. The van der Waals surface area contributed by atoms with Crippen LogP contribution in [0.3, 0.4) is 0 Å². The highest BCUT2D eigenvalue weighted by Gasteiger charge is 2.59. The first-order valence-corrected chi connectivity index (χ1v) is 21.5. The summed E-state index contributed by atoms with van der Waals surface area (Å²) in [6.45, 7) is 18.8. The maximum Gasteiger partial charge on any atom is 0.0900 e. The van der Waals surface area contributed by atoms with Gasteiger partial charge in [0.15, 0.2) is 0 Å². The molecular weight excluding hydrogens is 757 g/mol. The van der Waals surface area contributed by atoms with Gasteiger partial charge in [0.2, 0.25) is 0 Å². The highest BCUT2D eigenvalue weighted by Crippen LogP contribution is 2.70. The van der Waals surface area contributed by atoms with Gasteiger partial charge >= 0.3 is 0 Å². The summed E-state index contributed by atoms with van der Waals surface area (Å²) in [5.41, 5.74) is 17.6. The highest BCUT2D eigenvalue weighted by molar-refractivity contribution is 5.96. The third kappa shape index (κ3) is 6.39. The molecule has 0 saturated heterocycles. The highest BCUT2D eigenvalue weighted by atomic mass is 14.8. The van der Waals surface area contributed by atoms with Crippen molar-refractivity contribution in [2.45, 2.75) is 55.4 Å². The lowest BCUT2D eigenvalue weighted by Gasteiger charge is -2.59. The van der Waals surface area contributed by atoms with Gasteiger partial charge in [0, 0.05) is 35.6 Å². The van der Waals surface area contributed by atoms with Crippen LogP contribution in [0.15, 0.2) is 192 Å². The standard InChI is InChI=1S/C56H50N6/c1-53(2,3)37-29-39-31-41(35-25-49(45-17-9-13-21-57-45)61-50(26-35)46-18-10-14-22-58-46)43-33-38(54(4,5)6)34-44-42(32-40(30-37)55(39,7)56(43,44)8)36-27-51(47-19-11-15-23-59-47)62-52(28-36)48-20-12-16-24-60-48/h9-34H,1-8H3. The van der Waals surface area contributed by atoms with Gasteiger partial charge in [-0.25, -0.2) is 9.97 Å². The normalized spacial score (nSPS) is 20.6. The fourth-order valence-corrected chi connectivity index (χ4v) is 9.57. The van der Waals surface area contributed by atoms with E-state index in [0.29, 0.717) is 0 Å². The molecule has 0 N–H and O–H groups in total. The molecule has 0 fully saturated rings. The molecule has 2 unspecified atom stereocenters. The van der Waals surface area contributed by atoms with Crippen LogP contribution >= 0.6 is 0 Å². The maximum absolute atomic E-state index is 5.20. The molecule has 2 atom stereocenters. The molecule has 0 amide bonds. The quantitative estimate of drug-likeness (QED) is 0.167. The first-order chi connectivity index (χ1) is 29.7. The lowest BCUT2D eigenvalue weighted by Crippen LogP contribution is -2.49. The van der Waals surface area contributed by atoms with Gasteiger partial charge in [0.25, 0.3) is 0 Å². The van der Waals surface area contributed by atoms with Crippen LogP contribution in [0.4, 0.5) is 0 Å². The van der Waals surface area contributed by atoms with E-state index in [4.69, 9.17) is 29.9 Å². The van der Waals surface area contributed by atoms with Crippen LogP contribution in [0.1, 0.15) is 66.5 Å². The van der Waals surface area contributed by atoms with Crippen molar-refractivity contribution >= 4 is 11.1 Å². The smallest absolute Gasteiger partial charge is 0.0900 e. The molecule has 304 valence electrons. The van der Waals surface area contributed by atoms with E-state index in [9.17, 15) is 0 Å². The second-order valence-electron chi connectivity index (χ2n) is 19.2. The van der Waals surface area contributed by atoms with Gasteiger partial charge < -0.3 is 0 Å². The lowest BCUT2D eigenvalue weighted by molar-refractivity contribution is 0.249. The van der Waals surface area contributed by atoms with Crippen molar-refractivity contribution in [3.05, 3.63) is 203 Å². The van der Waals surface area contributed by atoms with Gasteiger partial charge in [-0.3, -0.25) is 19.9 Å². The summed E-state index contributed by atoms with van der Waals surface area (Å²) in [4.78, 5) is 29.5. The predicted molar refractivity (Wildman–Crippen MR) is 252 cm³/mol. The third-order valence-corrected chi connectivity index (χ3v) is 13.3. The zero-order chi connectivity index (χ0) is 43.0. The van der Waals surface area contributed by atoms with E-state index in [-0.39, 0.29) is 10.8 Å². The van der Waals surface area contributed by atoms with Crippen LogP contribution in [0, 0.1) is 21.7 Å². The van der Waals surface area contributed by atoms with E-state index in [1.807, 2.05) is 97.6 Å². The Morgan fingerprint density at radius 1 is 0.403 bits per heavy atom. The molecule has 10 rings (SSSR count). The molecule has 62 heavy (non-hydrogen) atoms.